The third-order valence-corrected chi connectivity index (χ3v) is 4.07. The molecule has 3 nitrogen and oxygen atoms in total. The summed E-state index contributed by atoms with van der Waals surface area (Å²) in [4.78, 5) is 2.32. The van der Waals surface area contributed by atoms with Gasteiger partial charge in [0.05, 0.1) is 18.2 Å². The third kappa shape index (κ3) is 4.65. The van der Waals surface area contributed by atoms with Crippen molar-refractivity contribution in [3.63, 3.8) is 0 Å². The van der Waals surface area contributed by atoms with E-state index in [1.165, 1.54) is 24.8 Å². The molecule has 0 bridgehead atoms. The van der Waals surface area contributed by atoms with E-state index in [9.17, 15) is 0 Å². The van der Waals surface area contributed by atoms with Crippen molar-refractivity contribution >= 4 is 11.6 Å². The first kappa shape index (κ1) is 15.6. The van der Waals surface area contributed by atoms with Gasteiger partial charge in [0.25, 0.3) is 0 Å². The molecule has 1 aromatic carbocycles. The highest BCUT2D eigenvalue weighted by atomic mass is 35.5. The van der Waals surface area contributed by atoms with Crippen LogP contribution in [-0.2, 0) is 11.3 Å². The van der Waals surface area contributed by atoms with Crippen LogP contribution in [0.5, 0.6) is 5.75 Å². The Kier molecular flexibility index (Phi) is 6.14. The van der Waals surface area contributed by atoms with Gasteiger partial charge in [-0.3, -0.25) is 0 Å². The highest BCUT2D eigenvalue weighted by molar-refractivity contribution is 6.32. The van der Waals surface area contributed by atoms with Crippen LogP contribution in [0.25, 0.3) is 0 Å². The first-order valence-corrected chi connectivity index (χ1v) is 7.69. The molecule has 2 rings (SSSR count). The SMILES string of the molecule is COc1ccc(CN(C)CC[C@H]2CCCCO2)cc1Cl. The Morgan fingerprint density at radius 1 is 1.40 bits per heavy atom. The summed E-state index contributed by atoms with van der Waals surface area (Å²) in [6.45, 7) is 2.88. The summed E-state index contributed by atoms with van der Waals surface area (Å²) in [6.07, 6.45) is 5.30. The van der Waals surface area contributed by atoms with E-state index in [2.05, 4.69) is 18.0 Å². The van der Waals surface area contributed by atoms with Gasteiger partial charge in [-0.2, -0.15) is 0 Å². The van der Waals surface area contributed by atoms with Gasteiger partial charge in [0.15, 0.2) is 0 Å². The van der Waals surface area contributed by atoms with Crippen molar-refractivity contribution < 1.29 is 9.47 Å². The smallest absolute Gasteiger partial charge is 0.137 e. The molecule has 1 saturated heterocycles. The number of ether oxygens (including phenoxy) is 2. The zero-order chi connectivity index (χ0) is 14.4. The van der Waals surface area contributed by atoms with Crippen molar-refractivity contribution in [2.75, 3.05) is 27.3 Å². The van der Waals surface area contributed by atoms with Crippen LogP contribution in [0, 0.1) is 0 Å². The van der Waals surface area contributed by atoms with Gasteiger partial charge in [-0.25, -0.2) is 0 Å². The van der Waals surface area contributed by atoms with Gasteiger partial charge in [-0.15, -0.1) is 0 Å². The fraction of sp³-hybridized carbons (Fsp3) is 0.625. The quantitative estimate of drug-likeness (QED) is 0.798. The number of hydrogen-bond donors (Lipinski definition) is 0. The maximum atomic E-state index is 6.15. The lowest BCUT2D eigenvalue weighted by Crippen LogP contribution is -2.26. The van der Waals surface area contributed by atoms with E-state index in [1.54, 1.807) is 7.11 Å². The number of halogens is 1. The third-order valence-electron chi connectivity index (χ3n) is 3.78. The summed E-state index contributed by atoms with van der Waals surface area (Å²) in [5, 5.41) is 0.675. The minimum absolute atomic E-state index is 0.450. The monoisotopic (exact) mass is 297 g/mol. The van der Waals surface area contributed by atoms with Crippen molar-refractivity contribution in [3.05, 3.63) is 28.8 Å². The lowest BCUT2D eigenvalue weighted by atomic mass is 10.1. The van der Waals surface area contributed by atoms with E-state index in [0.29, 0.717) is 11.1 Å². The zero-order valence-corrected chi connectivity index (χ0v) is 13.2. The predicted molar refractivity (Wildman–Crippen MR) is 82.5 cm³/mol. The summed E-state index contributed by atoms with van der Waals surface area (Å²) < 4.78 is 10.9. The molecule has 1 aromatic rings. The molecule has 0 spiro atoms. The van der Waals surface area contributed by atoms with Crippen LogP contribution in [-0.4, -0.2) is 38.3 Å². The van der Waals surface area contributed by atoms with Gasteiger partial charge in [0.2, 0.25) is 0 Å². The Labute approximate surface area is 126 Å². The fourth-order valence-corrected chi connectivity index (χ4v) is 2.88. The number of methoxy groups -OCH3 is 1. The van der Waals surface area contributed by atoms with Crippen LogP contribution >= 0.6 is 11.6 Å². The molecule has 4 heteroatoms. The standard InChI is InChI=1S/C16H24ClNO2/c1-18(9-8-14-5-3-4-10-20-14)12-13-6-7-16(19-2)15(17)11-13/h6-7,11,14H,3-5,8-10,12H2,1-2H3/t14-/m1/s1. The Balaban J connectivity index is 1.78. The Morgan fingerprint density at radius 3 is 2.90 bits per heavy atom. The summed E-state index contributed by atoms with van der Waals surface area (Å²) in [6, 6.07) is 5.97. The maximum Gasteiger partial charge on any atom is 0.137 e. The Bertz CT molecular complexity index is 419. The van der Waals surface area contributed by atoms with Crippen molar-refractivity contribution in [3.8, 4) is 5.75 Å². The molecule has 20 heavy (non-hydrogen) atoms. The molecule has 0 N–H and O–H groups in total. The fourth-order valence-electron chi connectivity index (χ4n) is 2.60. The molecule has 0 aliphatic carbocycles. The molecule has 0 amide bonds. The average molecular weight is 298 g/mol. The maximum absolute atomic E-state index is 6.15. The van der Waals surface area contributed by atoms with Gasteiger partial charge < -0.3 is 14.4 Å². The minimum Gasteiger partial charge on any atom is -0.495 e. The Morgan fingerprint density at radius 2 is 2.25 bits per heavy atom. The van der Waals surface area contributed by atoms with Gasteiger partial charge in [0.1, 0.15) is 5.75 Å². The molecule has 112 valence electrons. The normalized spacial score (nSPS) is 19.3. The Hall–Kier alpha value is -0.770. The van der Waals surface area contributed by atoms with Gasteiger partial charge in [0, 0.05) is 19.7 Å². The van der Waals surface area contributed by atoms with E-state index >= 15 is 0 Å². The van der Waals surface area contributed by atoms with Crippen molar-refractivity contribution in [2.45, 2.75) is 38.3 Å². The lowest BCUT2D eigenvalue weighted by molar-refractivity contribution is 0.00641. The highest BCUT2D eigenvalue weighted by Gasteiger charge is 2.14. The van der Waals surface area contributed by atoms with Crippen LogP contribution in [0.3, 0.4) is 0 Å². The molecule has 0 saturated carbocycles. The zero-order valence-electron chi connectivity index (χ0n) is 12.4. The molecular formula is C16H24ClNO2. The second kappa shape index (κ2) is 7.87. The molecule has 1 aliphatic rings. The predicted octanol–water partition coefficient (Wildman–Crippen LogP) is 3.74. The second-order valence-electron chi connectivity index (χ2n) is 5.48. The van der Waals surface area contributed by atoms with Crippen molar-refractivity contribution in [2.24, 2.45) is 0 Å². The molecule has 0 unspecified atom stereocenters. The average Bonchev–Trinajstić information content (AvgIpc) is 2.46. The topological polar surface area (TPSA) is 21.7 Å². The second-order valence-corrected chi connectivity index (χ2v) is 5.89. The molecule has 0 radical (unpaired) electrons. The van der Waals surface area contributed by atoms with Crippen molar-refractivity contribution in [1.29, 1.82) is 0 Å². The summed E-state index contributed by atoms with van der Waals surface area (Å²) >= 11 is 6.15. The van der Waals surface area contributed by atoms with Crippen LogP contribution in [0.2, 0.25) is 5.02 Å². The largest absolute Gasteiger partial charge is 0.495 e. The van der Waals surface area contributed by atoms with E-state index < -0.39 is 0 Å². The van der Waals surface area contributed by atoms with Crippen LogP contribution in [0.4, 0.5) is 0 Å². The molecule has 1 atom stereocenters. The van der Waals surface area contributed by atoms with Crippen molar-refractivity contribution in [1.82, 2.24) is 4.90 Å². The van der Waals surface area contributed by atoms with Gasteiger partial charge >= 0.3 is 0 Å². The first-order valence-electron chi connectivity index (χ1n) is 7.31. The van der Waals surface area contributed by atoms with Crippen LogP contribution in [0.1, 0.15) is 31.2 Å². The molecule has 1 aliphatic heterocycles. The summed E-state index contributed by atoms with van der Waals surface area (Å²) in [5.74, 6) is 0.730. The van der Waals surface area contributed by atoms with E-state index in [0.717, 1.165) is 31.9 Å². The van der Waals surface area contributed by atoms with Gasteiger partial charge in [-0.1, -0.05) is 17.7 Å². The summed E-state index contributed by atoms with van der Waals surface area (Å²) in [7, 11) is 3.78. The molecule has 1 heterocycles. The minimum atomic E-state index is 0.450. The summed E-state index contributed by atoms with van der Waals surface area (Å²) in [5.41, 5.74) is 1.21. The molecule has 0 aromatic heterocycles. The first-order chi connectivity index (χ1) is 9.69. The highest BCUT2D eigenvalue weighted by Crippen LogP contribution is 2.25. The molecular weight excluding hydrogens is 274 g/mol. The number of rotatable bonds is 6. The van der Waals surface area contributed by atoms with Crippen LogP contribution < -0.4 is 4.74 Å². The van der Waals surface area contributed by atoms with Gasteiger partial charge in [-0.05, 0) is 50.4 Å². The van der Waals surface area contributed by atoms with E-state index in [1.807, 2.05) is 12.1 Å². The number of nitrogens with zero attached hydrogens (tertiary/aromatic N) is 1. The van der Waals surface area contributed by atoms with E-state index in [-0.39, 0.29) is 0 Å². The molecule has 1 fully saturated rings. The number of benzene rings is 1. The van der Waals surface area contributed by atoms with Crippen LogP contribution in [0.15, 0.2) is 18.2 Å². The number of hydrogen-bond acceptors (Lipinski definition) is 3. The lowest BCUT2D eigenvalue weighted by Gasteiger charge is -2.25. The van der Waals surface area contributed by atoms with E-state index in [4.69, 9.17) is 21.1 Å².